The number of H-pyrrole nitrogens is 1. The number of hydrogen-bond donors (Lipinski definition) is 2. The summed E-state index contributed by atoms with van der Waals surface area (Å²) in [5, 5.41) is 5.62. The topological polar surface area (TPSA) is 40.7 Å². The molecule has 1 aromatic carbocycles. The van der Waals surface area contributed by atoms with Crippen LogP contribution in [0.4, 0.5) is 5.69 Å². The summed E-state index contributed by atoms with van der Waals surface area (Å²) in [6.07, 6.45) is 0. The number of fused-ring (bicyclic) bond motifs is 1. The lowest BCUT2D eigenvalue weighted by Crippen LogP contribution is -2.04. The van der Waals surface area contributed by atoms with Crippen LogP contribution >= 0.6 is 27.3 Å². The number of nitrogens with one attached hydrogen (secondary N) is 2. The zero-order valence-corrected chi connectivity index (χ0v) is 13.1. The van der Waals surface area contributed by atoms with Crippen molar-refractivity contribution in [3.8, 4) is 0 Å². The van der Waals surface area contributed by atoms with Crippen LogP contribution in [0, 0.1) is 6.92 Å². The number of thiophene rings is 1. The number of rotatable bonds is 3. The van der Waals surface area contributed by atoms with Crippen molar-refractivity contribution in [2.24, 2.45) is 0 Å². The maximum Gasteiger partial charge on any atom is 0.104 e. The summed E-state index contributed by atoms with van der Waals surface area (Å²) < 4.78 is 1.14. The average Bonchev–Trinajstić information content (AvgIpc) is 2.93. The Balaban J connectivity index is 1.84. The van der Waals surface area contributed by atoms with Gasteiger partial charge in [-0.25, -0.2) is 4.98 Å². The minimum Gasteiger partial charge on any atom is -0.378 e. The van der Waals surface area contributed by atoms with Gasteiger partial charge < -0.3 is 10.3 Å². The SMILES string of the molecule is Cc1nc2ccc(NC(C)c3cc(Br)cs3)cc2[nH]1. The smallest absolute Gasteiger partial charge is 0.104 e. The van der Waals surface area contributed by atoms with E-state index in [1.165, 1.54) is 4.88 Å². The van der Waals surface area contributed by atoms with Crippen LogP contribution in [-0.4, -0.2) is 9.97 Å². The summed E-state index contributed by atoms with van der Waals surface area (Å²) in [5.41, 5.74) is 3.19. The van der Waals surface area contributed by atoms with Crippen LogP contribution in [0.5, 0.6) is 0 Å². The van der Waals surface area contributed by atoms with Crippen LogP contribution < -0.4 is 5.32 Å². The molecule has 2 aromatic heterocycles. The number of nitrogens with zero attached hydrogens (tertiary/aromatic N) is 1. The Hall–Kier alpha value is -1.33. The molecule has 1 atom stereocenters. The van der Waals surface area contributed by atoms with Gasteiger partial charge in [-0.15, -0.1) is 11.3 Å². The van der Waals surface area contributed by atoms with Crippen molar-refractivity contribution in [1.29, 1.82) is 0 Å². The highest BCUT2D eigenvalue weighted by Crippen LogP contribution is 2.28. The highest BCUT2D eigenvalue weighted by molar-refractivity contribution is 9.10. The van der Waals surface area contributed by atoms with Crippen LogP contribution in [0.15, 0.2) is 34.1 Å². The average molecular weight is 336 g/mol. The molecule has 1 unspecified atom stereocenters. The minimum atomic E-state index is 0.290. The Morgan fingerprint density at radius 1 is 1.37 bits per heavy atom. The minimum absolute atomic E-state index is 0.290. The molecule has 19 heavy (non-hydrogen) atoms. The Morgan fingerprint density at radius 2 is 2.21 bits per heavy atom. The number of aryl methyl sites for hydroxylation is 1. The molecule has 5 heteroatoms. The highest BCUT2D eigenvalue weighted by Gasteiger charge is 2.08. The van der Waals surface area contributed by atoms with Crippen LogP contribution in [0.2, 0.25) is 0 Å². The molecular formula is C14H14BrN3S. The molecule has 0 radical (unpaired) electrons. The molecule has 0 spiro atoms. The van der Waals surface area contributed by atoms with Gasteiger partial charge in [0, 0.05) is 20.4 Å². The standard InChI is InChI=1S/C14H14BrN3S/c1-8(14-5-10(15)7-19-14)16-11-3-4-12-13(6-11)18-9(2)17-12/h3-8,16H,1-2H3,(H,17,18). The molecule has 3 nitrogen and oxygen atoms in total. The molecule has 0 aliphatic carbocycles. The normalized spacial score (nSPS) is 12.8. The number of aromatic amines is 1. The Labute approximate surface area is 124 Å². The summed E-state index contributed by atoms with van der Waals surface area (Å²) in [4.78, 5) is 8.98. The number of anilines is 1. The van der Waals surface area contributed by atoms with Crippen molar-refractivity contribution in [3.05, 3.63) is 44.8 Å². The van der Waals surface area contributed by atoms with E-state index in [-0.39, 0.29) is 6.04 Å². The van der Waals surface area contributed by atoms with Gasteiger partial charge in [0.15, 0.2) is 0 Å². The molecule has 0 saturated heterocycles. The van der Waals surface area contributed by atoms with Crippen molar-refractivity contribution in [1.82, 2.24) is 9.97 Å². The maximum atomic E-state index is 4.41. The quantitative estimate of drug-likeness (QED) is 0.716. The molecule has 0 aliphatic heterocycles. The van der Waals surface area contributed by atoms with E-state index in [0.29, 0.717) is 0 Å². The van der Waals surface area contributed by atoms with E-state index in [9.17, 15) is 0 Å². The number of aromatic nitrogens is 2. The lowest BCUT2D eigenvalue weighted by Gasteiger charge is -2.13. The van der Waals surface area contributed by atoms with Crippen molar-refractivity contribution >= 4 is 44.0 Å². The van der Waals surface area contributed by atoms with Gasteiger partial charge in [0.2, 0.25) is 0 Å². The first-order chi connectivity index (χ1) is 9.11. The molecule has 3 aromatic rings. The zero-order valence-electron chi connectivity index (χ0n) is 10.7. The lowest BCUT2D eigenvalue weighted by molar-refractivity contribution is 0.908. The number of imidazole rings is 1. The largest absolute Gasteiger partial charge is 0.378 e. The summed E-state index contributed by atoms with van der Waals surface area (Å²) in [6, 6.07) is 8.66. The van der Waals surface area contributed by atoms with E-state index in [2.05, 4.69) is 61.7 Å². The molecule has 3 rings (SSSR count). The predicted molar refractivity (Wildman–Crippen MR) is 84.9 cm³/mol. The van der Waals surface area contributed by atoms with Gasteiger partial charge in [0.05, 0.1) is 17.1 Å². The summed E-state index contributed by atoms with van der Waals surface area (Å²) in [7, 11) is 0. The molecule has 98 valence electrons. The summed E-state index contributed by atoms with van der Waals surface area (Å²) in [6.45, 7) is 4.14. The molecule has 0 aliphatic rings. The Bertz CT molecular complexity index is 716. The van der Waals surface area contributed by atoms with E-state index >= 15 is 0 Å². The van der Waals surface area contributed by atoms with Crippen LogP contribution in [0.3, 0.4) is 0 Å². The van der Waals surface area contributed by atoms with Gasteiger partial charge in [0.25, 0.3) is 0 Å². The lowest BCUT2D eigenvalue weighted by atomic mass is 10.2. The first-order valence-electron chi connectivity index (χ1n) is 6.08. The highest BCUT2D eigenvalue weighted by atomic mass is 79.9. The van der Waals surface area contributed by atoms with E-state index < -0.39 is 0 Å². The van der Waals surface area contributed by atoms with Gasteiger partial charge in [-0.05, 0) is 54.0 Å². The first-order valence-corrected chi connectivity index (χ1v) is 7.76. The molecule has 2 heterocycles. The number of benzene rings is 1. The predicted octanol–water partition coefficient (Wildman–Crippen LogP) is 4.87. The van der Waals surface area contributed by atoms with Crippen LogP contribution in [0.25, 0.3) is 11.0 Å². The van der Waals surface area contributed by atoms with E-state index in [4.69, 9.17) is 0 Å². The second-order valence-electron chi connectivity index (χ2n) is 4.59. The molecule has 0 amide bonds. The fourth-order valence-electron chi connectivity index (χ4n) is 2.10. The first kappa shape index (κ1) is 12.7. The molecular weight excluding hydrogens is 322 g/mol. The third kappa shape index (κ3) is 2.67. The van der Waals surface area contributed by atoms with Crippen molar-refractivity contribution in [3.63, 3.8) is 0 Å². The Morgan fingerprint density at radius 3 is 2.95 bits per heavy atom. The second-order valence-corrected chi connectivity index (χ2v) is 6.45. The fraction of sp³-hybridized carbons (Fsp3) is 0.214. The van der Waals surface area contributed by atoms with Crippen LogP contribution in [-0.2, 0) is 0 Å². The Kier molecular flexibility index (Phi) is 3.33. The third-order valence-electron chi connectivity index (χ3n) is 3.00. The van der Waals surface area contributed by atoms with Crippen LogP contribution in [0.1, 0.15) is 23.7 Å². The van der Waals surface area contributed by atoms with Gasteiger partial charge in [-0.3, -0.25) is 0 Å². The number of halogens is 1. The van der Waals surface area contributed by atoms with Gasteiger partial charge in [0.1, 0.15) is 5.82 Å². The monoisotopic (exact) mass is 335 g/mol. The van der Waals surface area contributed by atoms with Gasteiger partial charge >= 0.3 is 0 Å². The summed E-state index contributed by atoms with van der Waals surface area (Å²) in [5.74, 6) is 0.947. The van der Waals surface area contributed by atoms with E-state index in [1.807, 2.05) is 13.0 Å². The molecule has 0 bridgehead atoms. The zero-order chi connectivity index (χ0) is 13.4. The summed E-state index contributed by atoms with van der Waals surface area (Å²) >= 11 is 5.25. The third-order valence-corrected chi connectivity index (χ3v) is 4.87. The van der Waals surface area contributed by atoms with Crippen molar-refractivity contribution < 1.29 is 0 Å². The number of hydrogen-bond acceptors (Lipinski definition) is 3. The van der Waals surface area contributed by atoms with Gasteiger partial charge in [-0.1, -0.05) is 0 Å². The van der Waals surface area contributed by atoms with E-state index in [0.717, 1.165) is 27.0 Å². The molecule has 2 N–H and O–H groups in total. The fourth-order valence-corrected chi connectivity index (χ4v) is 3.56. The molecule has 0 fully saturated rings. The van der Waals surface area contributed by atoms with E-state index in [1.54, 1.807) is 11.3 Å². The second kappa shape index (κ2) is 4.98. The van der Waals surface area contributed by atoms with Gasteiger partial charge in [-0.2, -0.15) is 0 Å². The van der Waals surface area contributed by atoms with Crippen molar-refractivity contribution in [2.75, 3.05) is 5.32 Å². The molecule has 0 saturated carbocycles. The maximum absolute atomic E-state index is 4.41. The van der Waals surface area contributed by atoms with Crippen molar-refractivity contribution in [2.45, 2.75) is 19.9 Å².